The predicted octanol–water partition coefficient (Wildman–Crippen LogP) is 4.33. The van der Waals surface area contributed by atoms with Crippen LogP contribution in [0.2, 0.25) is 0 Å². The number of nitrogens with zero attached hydrogens (tertiary/aromatic N) is 1. The van der Waals surface area contributed by atoms with Crippen molar-refractivity contribution in [3.63, 3.8) is 0 Å². The van der Waals surface area contributed by atoms with Crippen LogP contribution in [0.15, 0.2) is 78.9 Å². The number of fused-ring (bicyclic) bond motifs is 1. The maximum Gasteiger partial charge on any atom is 0.344 e. The molecule has 1 aliphatic rings. The van der Waals surface area contributed by atoms with Crippen molar-refractivity contribution < 1.29 is 19.1 Å². The first-order valence-corrected chi connectivity index (χ1v) is 10.2. The van der Waals surface area contributed by atoms with Crippen molar-refractivity contribution in [2.24, 2.45) is 0 Å². The summed E-state index contributed by atoms with van der Waals surface area (Å²) in [5.41, 5.74) is 3.91. The van der Waals surface area contributed by atoms with E-state index in [1.165, 1.54) is 0 Å². The van der Waals surface area contributed by atoms with E-state index in [0.29, 0.717) is 12.3 Å². The number of para-hydroxylation sites is 2. The summed E-state index contributed by atoms with van der Waals surface area (Å²) in [5, 5.41) is 3.28. The zero-order chi connectivity index (χ0) is 21.6. The second-order valence-electron chi connectivity index (χ2n) is 7.30. The summed E-state index contributed by atoms with van der Waals surface area (Å²) < 4.78 is 10.8. The molecule has 31 heavy (non-hydrogen) atoms. The van der Waals surface area contributed by atoms with E-state index in [-0.39, 0.29) is 12.5 Å². The smallest absolute Gasteiger partial charge is 0.344 e. The molecular formula is C25H24N2O4. The Balaban J connectivity index is 1.26. The van der Waals surface area contributed by atoms with Crippen LogP contribution in [0.5, 0.6) is 5.75 Å². The molecule has 0 fully saturated rings. The van der Waals surface area contributed by atoms with Crippen LogP contribution in [0, 0.1) is 0 Å². The number of carbonyl (C=O) groups excluding carboxylic acids is 2. The average Bonchev–Trinajstić information content (AvgIpc) is 3.23. The molecule has 1 aliphatic heterocycles. The van der Waals surface area contributed by atoms with E-state index in [1.54, 1.807) is 24.0 Å². The first kappa shape index (κ1) is 20.5. The molecule has 0 saturated heterocycles. The third-order valence-corrected chi connectivity index (χ3v) is 5.08. The molecule has 1 amide bonds. The predicted molar refractivity (Wildman–Crippen MR) is 120 cm³/mol. The van der Waals surface area contributed by atoms with Gasteiger partial charge >= 0.3 is 5.97 Å². The highest BCUT2D eigenvalue weighted by molar-refractivity contribution is 5.99. The largest absolute Gasteiger partial charge is 0.482 e. The van der Waals surface area contributed by atoms with Gasteiger partial charge in [-0.15, -0.1) is 0 Å². The third kappa shape index (κ3) is 5.04. The number of benzene rings is 3. The molecule has 0 radical (unpaired) electrons. The van der Waals surface area contributed by atoms with E-state index in [2.05, 4.69) is 5.32 Å². The topological polar surface area (TPSA) is 67.9 Å². The Bertz CT molecular complexity index is 1050. The van der Waals surface area contributed by atoms with Gasteiger partial charge < -0.3 is 19.7 Å². The molecule has 1 atom stereocenters. The molecule has 3 aromatic rings. The van der Waals surface area contributed by atoms with Gasteiger partial charge in [-0.1, -0.05) is 36.4 Å². The van der Waals surface area contributed by atoms with Gasteiger partial charge in [0.25, 0.3) is 5.91 Å². The fourth-order valence-electron chi connectivity index (χ4n) is 3.53. The van der Waals surface area contributed by atoms with Crippen molar-refractivity contribution in [1.82, 2.24) is 0 Å². The number of anilines is 3. The van der Waals surface area contributed by atoms with Gasteiger partial charge in [0.2, 0.25) is 0 Å². The van der Waals surface area contributed by atoms with E-state index in [4.69, 9.17) is 9.47 Å². The van der Waals surface area contributed by atoms with Gasteiger partial charge in [-0.05, 0) is 61.4 Å². The van der Waals surface area contributed by atoms with E-state index < -0.39 is 12.1 Å². The minimum absolute atomic E-state index is 0.227. The SMILES string of the molecule is C[C@H](OC(=O)COc1ccc(Nc2ccccc2)cc1)C(=O)N1CCc2ccccc21. The van der Waals surface area contributed by atoms with Gasteiger partial charge in [-0.25, -0.2) is 4.79 Å². The molecule has 6 heteroatoms. The van der Waals surface area contributed by atoms with Crippen molar-refractivity contribution in [2.75, 3.05) is 23.4 Å². The summed E-state index contributed by atoms with van der Waals surface area (Å²) in [7, 11) is 0. The van der Waals surface area contributed by atoms with Gasteiger partial charge in [-0.2, -0.15) is 0 Å². The van der Waals surface area contributed by atoms with Crippen LogP contribution in [-0.2, 0) is 20.7 Å². The van der Waals surface area contributed by atoms with Gasteiger partial charge in [0.1, 0.15) is 5.75 Å². The fraction of sp³-hybridized carbons (Fsp3) is 0.200. The Hall–Kier alpha value is -3.80. The number of hydrogen-bond donors (Lipinski definition) is 1. The Labute approximate surface area is 181 Å². The van der Waals surface area contributed by atoms with Crippen LogP contribution >= 0.6 is 0 Å². The van der Waals surface area contributed by atoms with Crippen LogP contribution in [0.25, 0.3) is 0 Å². The van der Waals surface area contributed by atoms with E-state index in [0.717, 1.165) is 29.0 Å². The Morgan fingerprint density at radius 3 is 2.39 bits per heavy atom. The Morgan fingerprint density at radius 2 is 1.61 bits per heavy atom. The summed E-state index contributed by atoms with van der Waals surface area (Å²) in [6.07, 6.45) is -0.0689. The molecule has 0 bridgehead atoms. The summed E-state index contributed by atoms with van der Waals surface area (Å²) in [5.74, 6) is -0.266. The number of esters is 1. The van der Waals surface area contributed by atoms with Crippen molar-refractivity contribution >= 4 is 28.9 Å². The lowest BCUT2D eigenvalue weighted by atomic mass is 10.2. The maximum atomic E-state index is 12.7. The van der Waals surface area contributed by atoms with Crippen LogP contribution in [0.4, 0.5) is 17.1 Å². The molecule has 3 aromatic carbocycles. The number of nitrogens with one attached hydrogen (secondary N) is 1. The molecule has 1 N–H and O–H groups in total. The quantitative estimate of drug-likeness (QED) is 0.581. The molecule has 0 aliphatic carbocycles. The summed E-state index contributed by atoms with van der Waals surface area (Å²) in [6, 6.07) is 24.9. The fourth-order valence-corrected chi connectivity index (χ4v) is 3.53. The molecule has 4 rings (SSSR count). The van der Waals surface area contributed by atoms with Crippen molar-refractivity contribution in [1.29, 1.82) is 0 Å². The first-order chi connectivity index (χ1) is 15.1. The number of hydrogen-bond acceptors (Lipinski definition) is 5. The molecular weight excluding hydrogens is 392 g/mol. The molecule has 0 aromatic heterocycles. The van der Waals surface area contributed by atoms with Crippen LogP contribution in [-0.4, -0.2) is 31.1 Å². The minimum Gasteiger partial charge on any atom is -0.482 e. The first-order valence-electron chi connectivity index (χ1n) is 10.2. The normalized spacial score (nSPS) is 13.3. The summed E-state index contributed by atoms with van der Waals surface area (Å²) >= 11 is 0. The van der Waals surface area contributed by atoms with Gasteiger partial charge in [0, 0.05) is 23.6 Å². The molecule has 0 unspecified atom stereocenters. The number of carbonyl (C=O) groups is 2. The third-order valence-electron chi connectivity index (χ3n) is 5.08. The summed E-state index contributed by atoms with van der Waals surface area (Å²) in [6.45, 7) is 1.92. The molecule has 0 spiro atoms. The molecule has 6 nitrogen and oxygen atoms in total. The lowest BCUT2D eigenvalue weighted by molar-refractivity contribution is -0.155. The van der Waals surface area contributed by atoms with Crippen LogP contribution < -0.4 is 15.0 Å². The Morgan fingerprint density at radius 1 is 0.935 bits per heavy atom. The van der Waals surface area contributed by atoms with E-state index in [9.17, 15) is 9.59 Å². The highest BCUT2D eigenvalue weighted by atomic mass is 16.6. The minimum atomic E-state index is -0.875. The zero-order valence-corrected chi connectivity index (χ0v) is 17.3. The highest BCUT2D eigenvalue weighted by Gasteiger charge is 2.29. The van der Waals surface area contributed by atoms with Crippen LogP contribution in [0.1, 0.15) is 12.5 Å². The molecule has 1 heterocycles. The lowest BCUT2D eigenvalue weighted by Gasteiger charge is -2.21. The lowest BCUT2D eigenvalue weighted by Crippen LogP contribution is -2.39. The van der Waals surface area contributed by atoms with Crippen molar-refractivity contribution in [2.45, 2.75) is 19.4 Å². The average molecular weight is 416 g/mol. The second-order valence-corrected chi connectivity index (χ2v) is 7.30. The maximum absolute atomic E-state index is 12.7. The monoisotopic (exact) mass is 416 g/mol. The van der Waals surface area contributed by atoms with Gasteiger partial charge in [0.05, 0.1) is 0 Å². The number of rotatable bonds is 7. The Kier molecular flexibility index (Phi) is 6.17. The van der Waals surface area contributed by atoms with Gasteiger partial charge in [-0.3, -0.25) is 4.79 Å². The van der Waals surface area contributed by atoms with E-state index >= 15 is 0 Å². The standard InChI is InChI=1S/C25H24N2O4/c1-18(25(29)27-16-15-19-7-5-6-10-23(19)27)31-24(28)17-30-22-13-11-21(12-14-22)26-20-8-3-2-4-9-20/h2-14,18,26H,15-17H2,1H3/t18-/m0/s1. The van der Waals surface area contributed by atoms with Gasteiger partial charge in [0.15, 0.2) is 12.7 Å². The van der Waals surface area contributed by atoms with Crippen molar-refractivity contribution in [3.05, 3.63) is 84.4 Å². The second kappa shape index (κ2) is 9.34. The number of amides is 1. The van der Waals surface area contributed by atoms with E-state index in [1.807, 2.05) is 66.7 Å². The summed E-state index contributed by atoms with van der Waals surface area (Å²) in [4.78, 5) is 26.5. The highest BCUT2D eigenvalue weighted by Crippen LogP contribution is 2.28. The molecule has 0 saturated carbocycles. The number of ether oxygens (including phenoxy) is 2. The molecule has 158 valence electrons. The van der Waals surface area contributed by atoms with Crippen LogP contribution in [0.3, 0.4) is 0 Å². The van der Waals surface area contributed by atoms with Crippen molar-refractivity contribution in [3.8, 4) is 5.75 Å². The zero-order valence-electron chi connectivity index (χ0n) is 17.3.